The lowest BCUT2D eigenvalue weighted by Crippen LogP contribution is -2.36. The van der Waals surface area contributed by atoms with E-state index in [0.29, 0.717) is 11.4 Å². The Hall–Kier alpha value is -3.62. The van der Waals surface area contributed by atoms with Gasteiger partial charge in [-0.05, 0) is 54.6 Å². The summed E-state index contributed by atoms with van der Waals surface area (Å²) in [6, 6.07) is 19.6. The monoisotopic (exact) mass is 521 g/mol. The molecule has 0 unspecified atom stereocenters. The highest BCUT2D eigenvalue weighted by Crippen LogP contribution is 2.36. The number of quaternary nitrogens is 2. The van der Waals surface area contributed by atoms with Gasteiger partial charge in [-0.15, -0.1) is 0 Å². The molecule has 0 aliphatic rings. The van der Waals surface area contributed by atoms with E-state index < -0.39 is 0 Å². The second kappa shape index (κ2) is 12.8. The fourth-order valence-electron chi connectivity index (χ4n) is 4.04. The van der Waals surface area contributed by atoms with Crippen molar-refractivity contribution in [3.63, 3.8) is 0 Å². The van der Waals surface area contributed by atoms with Crippen molar-refractivity contribution >= 4 is 39.8 Å². The summed E-state index contributed by atoms with van der Waals surface area (Å²) in [6.45, 7) is 4.12. The van der Waals surface area contributed by atoms with Crippen molar-refractivity contribution < 1.29 is 14.1 Å². The third kappa shape index (κ3) is 10.0. The van der Waals surface area contributed by atoms with Crippen molar-refractivity contribution in [3.8, 4) is 5.75 Å². The number of hydrogen-bond acceptors (Lipinski definition) is 6. The number of benzene rings is 3. The van der Waals surface area contributed by atoms with Crippen molar-refractivity contribution in [1.82, 2.24) is 0 Å². The van der Waals surface area contributed by atoms with Crippen molar-refractivity contribution in [1.29, 1.82) is 0 Å². The summed E-state index contributed by atoms with van der Waals surface area (Å²) in [4.78, 5) is 0. The van der Waals surface area contributed by atoms with Crippen LogP contribution >= 0.6 is 0 Å². The molecule has 0 aliphatic carbocycles. The fourth-order valence-corrected chi connectivity index (χ4v) is 4.04. The van der Waals surface area contributed by atoms with Crippen LogP contribution in [0.5, 0.6) is 5.75 Å². The van der Waals surface area contributed by atoms with Gasteiger partial charge in [0.05, 0.1) is 72.4 Å². The molecule has 0 amide bonds. The van der Waals surface area contributed by atoms with E-state index in [2.05, 4.69) is 75.7 Å². The quantitative estimate of drug-likeness (QED) is 0.0553. The molecule has 3 rings (SSSR count). The SMILES string of the molecule is C[N+](C)(C)CCCNc1ccc(Nc2cc(Nc3ccc(NCCC[N+](C)(C)C)cc3)c(O)cc2N)cc1. The minimum absolute atomic E-state index is 0.101. The van der Waals surface area contributed by atoms with Crippen LogP contribution in [-0.4, -0.2) is 82.5 Å². The maximum Gasteiger partial charge on any atom is 0.141 e. The van der Waals surface area contributed by atoms with Crippen LogP contribution < -0.4 is 27.0 Å². The summed E-state index contributed by atoms with van der Waals surface area (Å²) < 4.78 is 1.93. The summed E-state index contributed by atoms with van der Waals surface area (Å²) in [7, 11) is 13.2. The van der Waals surface area contributed by atoms with Crippen LogP contribution in [0.3, 0.4) is 0 Å². The number of aromatic hydroxyl groups is 1. The number of nitrogens with zero attached hydrogens (tertiary/aromatic N) is 2. The molecule has 0 radical (unpaired) electrons. The molecule has 0 heterocycles. The Labute approximate surface area is 228 Å². The van der Waals surface area contributed by atoms with Gasteiger partial charge in [-0.1, -0.05) is 0 Å². The van der Waals surface area contributed by atoms with Gasteiger partial charge < -0.3 is 41.1 Å². The van der Waals surface area contributed by atoms with Crippen LogP contribution in [-0.2, 0) is 0 Å². The molecule has 0 bridgehead atoms. The molecular weight excluding hydrogens is 474 g/mol. The minimum atomic E-state index is 0.101. The summed E-state index contributed by atoms with van der Waals surface area (Å²) in [6.07, 6.45) is 2.22. The number of nitrogens with two attached hydrogens (primary N) is 1. The zero-order valence-corrected chi connectivity index (χ0v) is 23.9. The Morgan fingerprint density at radius 1 is 0.605 bits per heavy atom. The zero-order valence-electron chi connectivity index (χ0n) is 23.9. The number of anilines is 7. The van der Waals surface area contributed by atoms with Crippen LogP contribution in [0.2, 0.25) is 0 Å². The lowest BCUT2D eigenvalue weighted by atomic mass is 10.2. The van der Waals surface area contributed by atoms with E-state index in [1.807, 2.05) is 42.5 Å². The highest BCUT2D eigenvalue weighted by molar-refractivity contribution is 5.82. The average Bonchev–Trinajstić information content (AvgIpc) is 2.83. The van der Waals surface area contributed by atoms with Gasteiger partial charge in [0.1, 0.15) is 5.75 Å². The standard InChI is InChI=1S/C30H46N7O/c1-36(2,3)19-7-17-32-23-9-13-25(14-10-23)34-28-22-29(30(38)21-27(28)31)35-26-15-11-24(12-16-26)33-18-8-20-37(4,5)6/h9-16,21-22,32-35H,7-8,17-20,31H2,1-6H3/q+1/p+1. The molecule has 0 atom stereocenters. The second-order valence-corrected chi connectivity index (χ2v) is 11.9. The van der Waals surface area contributed by atoms with E-state index in [4.69, 9.17) is 5.73 Å². The Bertz CT molecular complexity index is 1060. The van der Waals surface area contributed by atoms with Crippen LogP contribution in [0.25, 0.3) is 0 Å². The minimum Gasteiger partial charge on any atom is -0.506 e. The van der Waals surface area contributed by atoms with Gasteiger partial charge in [0.25, 0.3) is 0 Å². The maximum absolute atomic E-state index is 10.5. The molecule has 3 aromatic carbocycles. The average molecular weight is 522 g/mol. The third-order valence-electron chi connectivity index (χ3n) is 6.17. The Balaban J connectivity index is 1.56. The van der Waals surface area contributed by atoms with Gasteiger partial charge >= 0.3 is 0 Å². The fraction of sp³-hybridized carbons (Fsp3) is 0.400. The molecule has 7 N–H and O–H groups in total. The molecule has 0 aliphatic heterocycles. The van der Waals surface area contributed by atoms with E-state index in [9.17, 15) is 5.11 Å². The molecular formula is C30H47N7O+2. The molecule has 0 fully saturated rings. The van der Waals surface area contributed by atoms with E-state index in [-0.39, 0.29) is 5.75 Å². The normalized spacial score (nSPS) is 11.7. The van der Waals surface area contributed by atoms with Gasteiger partial charge in [-0.25, -0.2) is 0 Å². The molecule has 0 spiro atoms. The van der Waals surface area contributed by atoms with E-state index in [1.54, 1.807) is 6.07 Å². The Kier molecular flexibility index (Phi) is 9.72. The summed E-state index contributed by atoms with van der Waals surface area (Å²) in [5.41, 5.74) is 12.0. The molecule has 0 aromatic heterocycles. The lowest BCUT2D eigenvalue weighted by Gasteiger charge is -2.23. The smallest absolute Gasteiger partial charge is 0.141 e. The first-order valence-corrected chi connectivity index (χ1v) is 13.3. The predicted octanol–water partition coefficient (Wildman–Crippen LogP) is 5.48. The van der Waals surface area contributed by atoms with Crippen molar-refractivity contribution in [3.05, 3.63) is 60.7 Å². The van der Waals surface area contributed by atoms with Gasteiger partial charge in [-0.3, -0.25) is 0 Å². The molecule has 8 heteroatoms. The number of nitrogens with one attached hydrogen (secondary N) is 4. The first kappa shape index (κ1) is 28.9. The second-order valence-electron chi connectivity index (χ2n) is 11.9. The molecule has 3 aromatic rings. The van der Waals surface area contributed by atoms with Crippen LogP contribution in [0, 0.1) is 0 Å². The first-order chi connectivity index (χ1) is 17.9. The van der Waals surface area contributed by atoms with Gasteiger partial charge in [0, 0.05) is 54.7 Å². The van der Waals surface area contributed by atoms with Crippen LogP contribution in [0.15, 0.2) is 60.7 Å². The first-order valence-electron chi connectivity index (χ1n) is 13.3. The van der Waals surface area contributed by atoms with Crippen LogP contribution in [0.4, 0.5) is 39.8 Å². The van der Waals surface area contributed by atoms with E-state index in [1.165, 1.54) is 0 Å². The molecule has 0 saturated heterocycles. The highest BCUT2D eigenvalue weighted by Gasteiger charge is 2.10. The highest BCUT2D eigenvalue weighted by atomic mass is 16.3. The van der Waals surface area contributed by atoms with E-state index in [0.717, 1.165) is 76.4 Å². The predicted molar refractivity (Wildman–Crippen MR) is 164 cm³/mol. The van der Waals surface area contributed by atoms with Crippen molar-refractivity contribution in [2.75, 3.05) is 95.5 Å². The van der Waals surface area contributed by atoms with Gasteiger partial charge in [0.2, 0.25) is 0 Å². The number of nitrogen functional groups attached to an aromatic ring is 1. The lowest BCUT2D eigenvalue weighted by molar-refractivity contribution is -0.870. The number of phenolic OH excluding ortho intramolecular Hbond substituents is 1. The third-order valence-corrected chi connectivity index (χ3v) is 6.17. The van der Waals surface area contributed by atoms with Crippen molar-refractivity contribution in [2.45, 2.75) is 12.8 Å². The molecule has 0 saturated carbocycles. The summed E-state index contributed by atoms with van der Waals surface area (Å²) >= 11 is 0. The van der Waals surface area contributed by atoms with E-state index >= 15 is 0 Å². The summed E-state index contributed by atoms with van der Waals surface area (Å²) in [5.74, 6) is 0.101. The number of rotatable bonds is 14. The number of hydrogen-bond donors (Lipinski definition) is 6. The van der Waals surface area contributed by atoms with Crippen molar-refractivity contribution in [2.24, 2.45) is 0 Å². The number of phenols is 1. The largest absolute Gasteiger partial charge is 0.506 e. The molecule has 38 heavy (non-hydrogen) atoms. The maximum atomic E-state index is 10.5. The topological polar surface area (TPSA) is 94.4 Å². The summed E-state index contributed by atoms with van der Waals surface area (Å²) in [5, 5.41) is 24.1. The van der Waals surface area contributed by atoms with Crippen LogP contribution in [0.1, 0.15) is 12.8 Å². The zero-order chi connectivity index (χ0) is 27.8. The Morgan fingerprint density at radius 3 is 1.42 bits per heavy atom. The van der Waals surface area contributed by atoms with Gasteiger partial charge in [-0.2, -0.15) is 0 Å². The Morgan fingerprint density at radius 2 is 1.00 bits per heavy atom. The van der Waals surface area contributed by atoms with Gasteiger partial charge in [0.15, 0.2) is 0 Å². The molecule has 8 nitrogen and oxygen atoms in total. The molecule has 206 valence electrons.